The molecule has 0 unspecified atom stereocenters. The summed E-state index contributed by atoms with van der Waals surface area (Å²) >= 11 is 0.318. The molecule has 0 bridgehead atoms. The van der Waals surface area contributed by atoms with Crippen LogP contribution in [-0.4, -0.2) is 7.11 Å². The van der Waals surface area contributed by atoms with Crippen LogP contribution < -0.4 is 4.74 Å². The Kier molecular flexibility index (Phi) is 3.23. The molecule has 11 heavy (non-hydrogen) atoms. The summed E-state index contributed by atoms with van der Waals surface area (Å²) in [6.45, 7) is 0. The highest BCUT2D eigenvalue weighted by Gasteiger charge is 1.94. The monoisotopic (exact) mass is 172 g/mol. The zero-order chi connectivity index (χ0) is 8.10. The third-order valence-electron chi connectivity index (χ3n) is 1.36. The molecule has 0 N–H and O–H groups in total. The van der Waals surface area contributed by atoms with Gasteiger partial charge >= 0.3 is 0 Å². The van der Waals surface area contributed by atoms with E-state index in [0.717, 1.165) is 11.3 Å². The van der Waals surface area contributed by atoms with Crippen molar-refractivity contribution in [1.82, 2.24) is 0 Å². The first kappa shape index (κ1) is 8.40. The van der Waals surface area contributed by atoms with Gasteiger partial charge in [0.2, 0.25) is 0 Å². The van der Waals surface area contributed by atoms with Crippen molar-refractivity contribution in [2.45, 2.75) is 5.75 Å². The van der Waals surface area contributed by atoms with Crippen molar-refractivity contribution >= 4 is 12.1 Å². The van der Waals surface area contributed by atoms with Crippen LogP contribution in [-0.2, 0) is 5.75 Å². The molecule has 1 rings (SSSR count). The first-order valence-electron chi connectivity index (χ1n) is 3.23. The van der Waals surface area contributed by atoms with Crippen LogP contribution in [0.5, 0.6) is 5.75 Å². The lowest BCUT2D eigenvalue weighted by Gasteiger charge is -2.00. The molecule has 0 aliphatic rings. The van der Waals surface area contributed by atoms with Crippen LogP contribution in [0.2, 0.25) is 0 Å². The molecule has 3 heteroatoms. The SMILES string of the molecule is COc1cccc(CSF)c1. The van der Waals surface area contributed by atoms with Crippen molar-refractivity contribution in [3.8, 4) is 5.75 Å². The highest BCUT2D eigenvalue weighted by atomic mass is 32.2. The fraction of sp³-hybridized carbons (Fsp3) is 0.250. The summed E-state index contributed by atoms with van der Waals surface area (Å²) in [7, 11) is 1.60. The Bertz CT molecular complexity index is 227. The minimum absolute atomic E-state index is 0.318. The van der Waals surface area contributed by atoms with Gasteiger partial charge in [-0.25, -0.2) is 0 Å². The number of ether oxygens (including phenoxy) is 1. The van der Waals surface area contributed by atoms with Crippen LogP contribution >= 0.6 is 12.1 Å². The van der Waals surface area contributed by atoms with E-state index in [1.165, 1.54) is 0 Å². The molecular formula is C8H9FOS. The lowest BCUT2D eigenvalue weighted by Crippen LogP contribution is -1.84. The van der Waals surface area contributed by atoms with Gasteiger partial charge in [-0.1, -0.05) is 12.1 Å². The number of methoxy groups -OCH3 is 1. The smallest absolute Gasteiger partial charge is 0.119 e. The maximum Gasteiger partial charge on any atom is 0.119 e. The first-order chi connectivity index (χ1) is 5.36. The largest absolute Gasteiger partial charge is 0.497 e. The Morgan fingerprint density at radius 2 is 2.36 bits per heavy atom. The molecule has 0 aliphatic heterocycles. The first-order valence-corrected chi connectivity index (χ1v) is 4.12. The third kappa shape index (κ3) is 2.42. The van der Waals surface area contributed by atoms with Crippen molar-refractivity contribution in [2.24, 2.45) is 0 Å². The molecule has 0 heterocycles. The van der Waals surface area contributed by atoms with Crippen molar-refractivity contribution in [3.63, 3.8) is 0 Å². The number of rotatable bonds is 3. The molecule has 1 nitrogen and oxygen atoms in total. The fourth-order valence-corrected chi connectivity index (χ4v) is 1.13. The normalized spacial score (nSPS) is 9.64. The summed E-state index contributed by atoms with van der Waals surface area (Å²) in [6, 6.07) is 7.39. The summed E-state index contributed by atoms with van der Waals surface area (Å²) in [4.78, 5) is 0. The number of hydrogen-bond acceptors (Lipinski definition) is 2. The van der Waals surface area contributed by atoms with Crippen LogP contribution in [0.15, 0.2) is 24.3 Å². The second kappa shape index (κ2) is 4.23. The average molecular weight is 172 g/mol. The van der Waals surface area contributed by atoms with E-state index in [9.17, 15) is 3.89 Å². The van der Waals surface area contributed by atoms with Gasteiger partial charge in [0.25, 0.3) is 0 Å². The fourth-order valence-electron chi connectivity index (χ4n) is 0.825. The van der Waals surface area contributed by atoms with E-state index >= 15 is 0 Å². The molecule has 0 saturated heterocycles. The Hall–Kier alpha value is -0.700. The van der Waals surface area contributed by atoms with E-state index in [0.29, 0.717) is 17.9 Å². The van der Waals surface area contributed by atoms with Gasteiger partial charge in [-0.05, 0) is 17.7 Å². The zero-order valence-corrected chi connectivity index (χ0v) is 7.03. The van der Waals surface area contributed by atoms with Gasteiger partial charge in [0.05, 0.1) is 12.9 Å². The van der Waals surface area contributed by atoms with Gasteiger partial charge in [-0.2, -0.15) is 3.89 Å². The summed E-state index contributed by atoms with van der Waals surface area (Å²) < 4.78 is 16.8. The predicted molar refractivity (Wildman–Crippen MR) is 45.4 cm³/mol. The minimum Gasteiger partial charge on any atom is -0.497 e. The molecule has 1 aromatic rings. The van der Waals surface area contributed by atoms with E-state index in [2.05, 4.69) is 0 Å². The van der Waals surface area contributed by atoms with Crippen LogP contribution in [0.3, 0.4) is 0 Å². The Morgan fingerprint density at radius 3 is 3.00 bits per heavy atom. The van der Waals surface area contributed by atoms with E-state index in [-0.39, 0.29) is 0 Å². The van der Waals surface area contributed by atoms with Crippen molar-refractivity contribution in [3.05, 3.63) is 29.8 Å². The molecule has 0 radical (unpaired) electrons. The van der Waals surface area contributed by atoms with E-state index in [1.807, 2.05) is 24.3 Å². The minimum atomic E-state index is 0.318. The molecule has 0 spiro atoms. The second-order valence-electron chi connectivity index (χ2n) is 2.10. The van der Waals surface area contributed by atoms with Crippen molar-refractivity contribution in [1.29, 1.82) is 0 Å². The van der Waals surface area contributed by atoms with E-state index in [1.54, 1.807) is 7.11 Å². The van der Waals surface area contributed by atoms with Gasteiger partial charge in [0.15, 0.2) is 0 Å². The molecule has 0 aromatic heterocycles. The van der Waals surface area contributed by atoms with E-state index < -0.39 is 0 Å². The van der Waals surface area contributed by atoms with Crippen LogP contribution in [0.25, 0.3) is 0 Å². The highest BCUT2D eigenvalue weighted by Crippen LogP contribution is 2.17. The Balaban J connectivity index is 2.74. The molecule has 0 fully saturated rings. The van der Waals surface area contributed by atoms with Crippen molar-refractivity contribution < 1.29 is 8.62 Å². The topological polar surface area (TPSA) is 9.23 Å². The molecule has 0 amide bonds. The average Bonchev–Trinajstić information content (AvgIpc) is 2.06. The van der Waals surface area contributed by atoms with Gasteiger partial charge in [-0.3, -0.25) is 0 Å². The molecule has 0 saturated carbocycles. The standard InChI is InChI=1S/C8H9FOS/c1-10-8-4-2-3-7(5-8)6-11-9/h2-5H,6H2,1H3. The molecule has 0 atom stereocenters. The van der Waals surface area contributed by atoms with E-state index in [4.69, 9.17) is 4.74 Å². The van der Waals surface area contributed by atoms with Gasteiger partial charge in [0, 0.05) is 12.1 Å². The number of benzene rings is 1. The molecule has 60 valence electrons. The molecule has 1 aromatic carbocycles. The van der Waals surface area contributed by atoms with Gasteiger partial charge < -0.3 is 4.74 Å². The number of hydrogen-bond donors (Lipinski definition) is 0. The maximum absolute atomic E-state index is 11.8. The quantitative estimate of drug-likeness (QED) is 0.693. The number of halogens is 1. The lowest BCUT2D eigenvalue weighted by atomic mass is 10.2. The Morgan fingerprint density at radius 1 is 1.55 bits per heavy atom. The highest BCUT2D eigenvalue weighted by molar-refractivity contribution is 7.93. The van der Waals surface area contributed by atoms with Crippen LogP contribution in [0, 0.1) is 0 Å². The Labute approximate surface area is 69.9 Å². The van der Waals surface area contributed by atoms with Crippen LogP contribution in [0.1, 0.15) is 5.56 Å². The summed E-state index contributed by atoms with van der Waals surface area (Å²) in [5.41, 5.74) is 0.942. The summed E-state index contributed by atoms with van der Waals surface area (Å²) in [6.07, 6.45) is 0. The third-order valence-corrected chi connectivity index (χ3v) is 1.80. The summed E-state index contributed by atoms with van der Waals surface area (Å²) in [5.74, 6) is 1.16. The van der Waals surface area contributed by atoms with Gasteiger partial charge in [0.1, 0.15) is 5.75 Å². The molecular weight excluding hydrogens is 163 g/mol. The molecule has 0 aliphatic carbocycles. The second-order valence-corrected chi connectivity index (χ2v) is 2.61. The zero-order valence-electron chi connectivity index (χ0n) is 6.21. The predicted octanol–water partition coefficient (Wildman–Crippen LogP) is 2.81. The van der Waals surface area contributed by atoms with Crippen molar-refractivity contribution in [2.75, 3.05) is 7.11 Å². The van der Waals surface area contributed by atoms with Gasteiger partial charge in [-0.15, -0.1) is 0 Å². The van der Waals surface area contributed by atoms with Crippen LogP contribution in [0.4, 0.5) is 3.89 Å². The maximum atomic E-state index is 11.8. The lowest BCUT2D eigenvalue weighted by molar-refractivity contribution is 0.414. The summed E-state index contributed by atoms with van der Waals surface area (Å²) in [5, 5.41) is 0.